The molecule has 1 aliphatic rings. The zero-order chi connectivity index (χ0) is 28.3. The predicted molar refractivity (Wildman–Crippen MR) is 167 cm³/mol. The third-order valence-electron chi connectivity index (χ3n) is 6.96. The highest BCUT2D eigenvalue weighted by Crippen LogP contribution is 2.35. The molecule has 2 aromatic heterocycles. The Kier molecular flexibility index (Phi) is 8.11. The van der Waals surface area contributed by atoms with Gasteiger partial charge in [-0.25, -0.2) is 4.98 Å². The molecule has 10 heteroatoms. The predicted octanol–water partition coefficient (Wildman–Crippen LogP) is 6.40. The molecule has 0 spiro atoms. The summed E-state index contributed by atoms with van der Waals surface area (Å²) in [5.41, 5.74) is 3.57. The molecule has 3 aromatic carbocycles. The maximum absolute atomic E-state index is 14.1. The third kappa shape index (κ3) is 6.04. The minimum atomic E-state index is -0.199. The van der Waals surface area contributed by atoms with Crippen molar-refractivity contribution in [2.75, 3.05) is 24.7 Å². The van der Waals surface area contributed by atoms with Crippen LogP contribution in [0.4, 0.5) is 5.69 Å². The van der Waals surface area contributed by atoms with E-state index >= 15 is 0 Å². The molecule has 0 bridgehead atoms. The Morgan fingerprint density at radius 2 is 1.83 bits per heavy atom. The van der Waals surface area contributed by atoms with Crippen LogP contribution in [0.1, 0.15) is 16.0 Å². The van der Waals surface area contributed by atoms with Gasteiger partial charge < -0.3 is 10.1 Å². The second-order valence-electron chi connectivity index (χ2n) is 9.71. The molecule has 1 aliphatic heterocycles. The first-order valence-corrected chi connectivity index (χ1v) is 15.3. The lowest BCUT2D eigenvalue weighted by atomic mass is 10.0. The number of anilines is 1. The number of rotatable bonds is 8. The quantitative estimate of drug-likeness (QED) is 0.164. The molecule has 1 amide bonds. The summed E-state index contributed by atoms with van der Waals surface area (Å²) in [5, 5.41) is 4.62. The van der Waals surface area contributed by atoms with Gasteiger partial charge in [0.2, 0.25) is 5.91 Å². The number of carbonyl (C=O) groups excluding carboxylic acids is 1. The first kappa shape index (κ1) is 27.5. The van der Waals surface area contributed by atoms with E-state index in [1.807, 2.05) is 30.3 Å². The Labute approximate surface area is 250 Å². The standard InChI is InChI=1S/C31H27ClN4O3S2/c1-39-24-13-11-23(12-14-24)36-30(38)28-25-15-16-35(17-20-5-3-2-4-6-20)18-26(25)41-29(28)34-31(36)40-19-27(37)33-22-9-7-21(32)8-10-22/h2-14H,15-19H2,1H3,(H,33,37). The molecule has 208 valence electrons. The van der Waals surface area contributed by atoms with Crippen molar-refractivity contribution in [3.8, 4) is 11.4 Å². The van der Waals surface area contributed by atoms with Crippen molar-refractivity contribution >= 4 is 56.5 Å². The monoisotopic (exact) mass is 602 g/mol. The van der Waals surface area contributed by atoms with Crippen molar-refractivity contribution < 1.29 is 9.53 Å². The molecule has 6 rings (SSSR count). The molecule has 0 fully saturated rings. The average Bonchev–Trinajstić information content (AvgIpc) is 3.36. The Balaban J connectivity index is 1.33. The summed E-state index contributed by atoms with van der Waals surface area (Å²) < 4.78 is 6.94. The van der Waals surface area contributed by atoms with Gasteiger partial charge in [-0.05, 0) is 66.1 Å². The van der Waals surface area contributed by atoms with Crippen molar-refractivity contribution in [3.63, 3.8) is 0 Å². The highest BCUT2D eigenvalue weighted by Gasteiger charge is 2.26. The molecule has 0 aliphatic carbocycles. The molecule has 41 heavy (non-hydrogen) atoms. The van der Waals surface area contributed by atoms with E-state index in [9.17, 15) is 9.59 Å². The van der Waals surface area contributed by atoms with Crippen molar-refractivity contribution in [2.24, 2.45) is 0 Å². The molecule has 0 saturated heterocycles. The van der Waals surface area contributed by atoms with Crippen molar-refractivity contribution in [1.82, 2.24) is 14.5 Å². The number of thioether (sulfide) groups is 1. The molecule has 0 radical (unpaired) electrons. The molecule has 1 N–H and O–H groups in total. The van der Waals surface area contributed by atoms with Crippen molar-refractivity contribution in [3.05, 3.63) is 110 Å². The van der Waals surface area contributed by atoms with E-state index in [-0.39, 0.29) is 17.2 Å². The van der Waals surface area contributed by atoms with Crippen LogP contribution < -0.4 is 15.6 Å². The van der Waals surface area contributed by atoms with E-state index < -0.39 is 0 Å². The number of benzene rings is 3. The fourth-order valence-corrected chi connectivity index (χ4v) is 7.21. The number of fused-ring (bicyclic) bond motifs is 3. The summed E-state index contributed by atoms with van der Waals surface area (Å²) in [6, 6.07) is 24.7. The largest absolute Gasteiger partial charge is 0.497 e. The number of aromatic nitrogens is 2. The number of hydrogen-bond acceptors (Lipinski definition) is 7. The number of nitrogens with one attached hydrogen (secondary N) is 1. The summed E-state index contributed by atoms with van der Waals surface area (Å²) in [4.78, 5) is 36.2. The normalized spacial score (nSPS) is 13.2. The maximum Gasteiger partial charge on any atom is 0.267 e. The second-order valence-corrected chi connectivity index (χ2v) is 12.2. The van der Waals surface area contributed by atoms with Gasteiger partial charge >= 0.3 is 0 Å². The van der Waals surface area contributed by atoms with Gasteiger partial charge in [-0.15, -0.1) is 11.3 Å². The number of thiophene rings is 1. The zero-order valence-corrected chi connectivity index (χ0v) is 24.7. The van der Waals surface area contributed by atoms with Crippen LogP contribution in [0.5, 0.6) is 5.75 Å². The number of ether oxygens (including phenoxy) is 1. The van der Waals surface area contributed by atoms with E-state index in [4.69, 9.17) is 21.3 Å². The Bertz CT molecular complexity index is 1750. The van der Waals surface area contributed by atoms with Crippen LogP contribution in [0.2, 0.25) is 5.02 Å². The molecule has 0 atom stereocenters. The Morgan fingerprint density at radius 3 is 2.56 bits per heavy atom. The van der Waals surface area contributed by atoms with Crippen molar-refractivity contribution in [2.45, 2.75) is 24.7 Å². The van der Waals surface area contributed by atoms with Gasteiger partial charge in [0.1, 0.15) is 10.6 Å². The van der Waals surface area contributed by atoms with Crippen LogP contribution in [0, 0.1) is 0 Å². The number of hydrogen-bond donors (Lipinski definition) is 1. The Morgan fingerprint density at radius 1 is 1.07 bits per heavy atom. The van der Waals surface area contributed by atoms with E-state index in [2.05, 4.69) is 34.5 Å². The number of nitrogens with zero attached hydrogens (tertiary/aromatic N) is 3. The van der Waals surface area contributed by atoms with Gasteiger partial charge in [-0.1, -0.05) is 53.7 Å². The fourth-order valence-electron chi connectivity index (χ4n) is 4.97. The topological polar surface area (TPSA) is 76.5 Å². The molecule has 3 heterocycles. The highest BCUT2D eigenvalue weighted by atomic mass is 35.5. The number of halogens is 1. The molecular formula is C31H27ClN4O3S2. The lowest BCUT2D eigenvalue weighted by Crippen LogP contribution is -2.30. The zero-order valence-electron chi connectivity index (χ0n) is 22.3. The Hall–Kier alpha value is -3.63. The van der Waals surface area contributed by atoms with Gasteiger partial charge in [0.15, 0.2) is 5.16 Å². The number of methoxy groups -OCH3 is 1. The SMILES string of the molecule is COc1ccc(-n2c(SCC(=O)Nc3ccc(Cl)cc3)nc3sc4c(c3c2=O)CCN(Cc2ccccc2)C4)cc1. The van der Waals surface area contributed by atoms with Gasteiger partial charge in [0.25, 0.3) is 5.56 Å². The van der Waals surface area contributed by atoms with E-state index in [1.165, 1.54) is 22.2 Å². The molecule has 0 unspecified atom stereocenters. The van der Waals surface area contributed by atoms with Gasteiger partial charge in [-0.3, -0.25) is 19.1 Å². The smallest absolute Gasteiger partial charge is 0.267 e. The van der Waals surface area contributed by atoms with Crippen LogP contribution in [-0.4, -0.2) is 39.8 Å². The number of carbonyl (C=O) groups is 1. The van der Waals surface area contributed by atoms with E-state index in [0.717, 1.165) is 31.6 Å². The van der Waals surface area contributed by atoms with E-state index in [1.54, 1.807) is 47.3 Å². The molecule has 7 nitrogen and oxygen atoms in total. The molecular weight excluding hydrogens is 576 g/mol. The molecule has 5 aromatic rings. The lowest BCUT2D eigenvalue weighted by molar-refractivity contribution is -0.113. The van der Waals surface area contributed by atoms with Gasteiger partial charge in [-0.2, -0.15) is 0 Å². The summed E-state index contributed by atoms with van der Waals surface area (Å²) in [7, 11) is 1.61. The minimum Gasteiger partial charge on any atom is -0.497 e. The average molecular weight is 603 g/mol. The van der Waals surface area contributed by atoms with Crippen LogP contribution >= 0.6 is 34.7 Å². The van der Waals surface area contributed by atoms with Crippen LogP contribution in [0.3, 0.4) is 0 Å². The van der Waals surface area contributed by atoms with Crippen LogP contribution in [-0.2, 0) is 24.3 Å². The highest BCUT2D eigenvalue weighted by molar-refractivity contribution is 7.99. The summed E-state index contributed by atoms with van der Waals surface area (Å²) in [5.74, 6) is 0.584. The lowest BCUT2D eigenvalue weighted by Gasteiger charge is -2.26. The van der Waals surface area contributed by atoms with Crippen LogP contribution in [0.25, 0.3) is 15.9 Å². The second kappa shape index (κ2) is 12.1. The maximum atomic E-state index is 14.1. The summed E-state index contributed by atoms with van der Waals surface area (Å²) in [6.07, 6.45) is 0.789. The van der Waals surface area contributed by atoms with E-state index in [0.29, 0.717) is 37.5 Å². The molecule has 0 saturated carbocycles. The third-order valence-corrected chi connectivity index (χ3v) is 9.26. The van der Waals surface area contributed by atoms with Gasteiger partial charge in [0.05, 0.1) is 23.9 Å². The van der Waals surface area contributed by atoms with Crippen LogP contribution in [0.15, 0.2) is 88.8 Å². The first-order valence-electron chi connectivity index (χ1n) is 13.1. The number of amides is 1. The fraction of sp³-hybridized carbons (Fsp3) is 0.194. The summed E-state index contributed by atoms with van der Waals surface area (Å²) >= 11 is 8.78. The summed E-state index contributed by atoms with van der Waals surface area (Å²) in [6.45, 7) is 2.51. The minimum absolute atomic E-state index is 0.0900. The first-order chi connectivity index (χ1) is 20.0. The van der Waals surface area contributed by atoms with Crippen molar-refractivity contribution in [1.29, 1.82) is 0 Å². The van der Waals surface area contributed by atoms with Gasteiger partial charge in [0, 0.05) is 35.2 Å².